The second-order valence-corrected chi connectivity index (χ2v) is 6.64. The third-order valence-corrected chi connectivity index (χ3v) is 4.99. The van der Waals surface area contributed by atoms with Crippen molar-refractivity contribution in [3.63, 3.8) is 0 Å². The molecular weight excluding hydrogens is 345 g/mol. The van der Waals surface area contributed by atoms with Gasteiger partial charge in [0.25, 0.3) is 0 Å². The molecule has 0 saturated heterocycles. The summed E-state index contributed by atoms with van der Waals surface area (Å²) in [5, 5.41) is 4.92. The van der Waals surface area contributed by atoms with Crippen LogP contribution in [-0.4, -0.2) is 22.5 Å². The van der Waals surface area contributed by atoms with Gasteiger partial charge in [-0.25, -0.2) is 4.79 Å². The van der Waals surface area contributed by atoms with Gasteiger partial charge in [0, 0.05) is 23.1 Å². The first-order valence-electron chi connectivity index (χ1n) is 7.72. The van der Waals surface area contributed by atoms with Crippen LogP contribution in [0.3, 0.4) is 0 Å². The Labute approximate surface area is 149 Å². The number of hydrogen-bond donors (Lipinski definition) is 2. The Hall–Kier alpha value is -2.17. The lowest BCUT2D eigenvalue weighted by atomic mass is 10.0. The molecule has 2 aromatic carbocycles. The fraction of sp³-hybridized carbons (Fsp3) is 0.167. The van der Waals surface area contributed by atoms with Crippen LogP contribution in [0.1, 0.15) is 11.3 Å². The highest BCUT2D eigenvalue weighted by molar-refractivity contribution is 6.39. The van der Waals surface area contributed by atoms with E-state index in [1.165, 1.54) is 10.9 Å². The van der Waals surface area contributed by atoms with E-state index in [1.54, 1.807) is 23.1 Å². The minimum atomic E-state index is -0.200. The molecule has 4 nitrogen and oxygen atoms in total. The van der Waals surface area contributed by atoms with E-state index in [1.807, 2.05) is 12.1 Å². The number of carbonyl (C=O) groups is 1. The number of carbonyl (C=O) groups excluding carboxylic acids is 1. The summed E-state index contributed by atoms with van der Waals surface area (Å²) in [5.74, 6) is 0. The van der Waals surface area contributed by atoms with Gasteiger partial charge < -0.3 is 15.2 Å². The Kier molecular flexibility index (Phi) is 3.87. The Morgan fingerprint density at radius 1 is 1.08 bits per heavy atom. The Bertz CT molecular complexity index is 915. The summed E-state index contributed by atoms with van der Waals surface area (Å²) in [6.07, 6.45) is 0.822. The largest absolute Gasteiger partial charge is 0.357 e. The third-order valence-electron chi connectivity index (χ3n) is 4.36. The number of H-pyrrole nitrogens is 1. The Balaban J connectivity index is 1.57. The van der Waals surface area contributed by atoms with E-state index < -0.39 is 0 Å². The zero-order chi connectivity index (χ0) is 16.7. The van der Waals surface area contributed by atoms with Crippen LogP contribution < -0.4 is 5.32 Å². The highest BCUT2D eigenvalue weighted by atomic mass is 35.5. The second-order valence-electron chi connectivity index (χ2n) is 5.83. The summed E-state index contributed by atoms with van der Waals surface area (Å²) in [6, 6.07) is 13.2. The van der Waals surface area contributed by atoms with Crippen LogP contribution in [0, 0.1) is 0 Å². The third kappa shape index (κ3) is 2.62. The van der Waals surface area contributed by atoms with Crippen LogP contribution in [0.2, 0.25) is 10.0 Å². The number of fused-ring (bicyclic) bond motifs is 3. The molecule has 24 heavy (non-hydrogen) atoms. The molecule has 2 amide bonds. The van der Waals surface area contributed by atoms with Crippen molar-refractivity contribution in [1.82, 2.24) is 9.88 Å². The van der Waals surface area contributed by atoms with Crippen LogP contribution in [0.4, 0.5) is 10.5 Å². The minimum Gasteiger partial charge on any atom is -0.357 e. The van der Waals surface area contributed by atoms with E-state index in [4.69, 9.17) is 23.2 Å². The minimum absolute atomic E-state index is 0.200. The lowest BCUT2D eigenvalue weighted by molar-refractivity contribution is 0.206. The molecule has 1 aromatic heterocycles. The van der Waals surface area contributed by atoms with Gasteiger partial charge in [-0.3, -0.25) is 0 Å². The number of anilines is 1. The van der Waals surface area contributed by atoms with Crippen LogP contribution in [0.5, 0.6) is 0 Å². The molecule has 4 rings (SSSR count). The van der Waals surface area contributed by atoms with Crippen LogP contribution in [0.15, 0.2) is 42.5 Å². The first kappa shape index (κ1) is 15.4. The molecule has 0 unspecified atom stereocenters. The van der Waals surface area contributed by atoms with E-state index in [2.05, 4.69) is 22.4 Å². The van der Waals surface area contributed by atoms with Gasteiger partial charge in [-0.15, -0.1) is 0 Å². The molecular formula is C18H15Cl2N3O. The van der Waals surface area contributed by atoms with E-state index in [-0.39, 0.29) is 6.03 Å². The molecule has 1 aliphatic rings. The van der Waals surface area contributed by atoms with Gasteiger partial charge >= 0.3 is 6.03 Å². The number of halogens is 2. The Morgan fingerprint density at radius 2 is 1.83 bits per heavy atom. The van der Waals surface area contributed by atoms with E-state index in [9.17, 15) is 4.79 Å². The molecule has 6 heteroatoms. The molecule has 0 atom stereocenters. The standard InChI is InChI=1S/C18H15Cl2N3O/c19-13-5-3-6-14(20)17(13)22-18(24)23-9-8-12-11-4-1-2-7-15(11)21-16(12)10-23/h1-7,21H,8-10H2,(H,22,24). The zero-order valence-corrected chi connectivity index (χ0v) is 14.3. The van der Waals surface area contributed by atoms with Crippen molar-refractivity contribution < 1.29 is 4.79 Å². The molecule has 2 heterocycles. The summed E-state index contributed by atoms with van der Waals surface area (Å²) >= 11 is 12.2. The molecule has 0 radical (unpaired) electrons. The second kappa shape index (κ2) is 6.04. The topological polar surface area (TPSA) is 48.1 Å². The van der Waals surface area contributed by atoms with Crippen molar-refractivity contribution in [2.24, 2.45) is 0 Å². The summed E-state index contributed by atoms with van der Waals surface area (Å²) < 4.78 is 0. The number of nitrogens with zero attached hydrogens (tertiary/aromatic N) is 1. The SMILES string of the molecule is O=C(Nc1c(Cl)cccc1Cl)N1CCc2c([nH]c3ccccc23)C1. The number of nitrogens with one attached hydrogen (secondary N) is 2. The summed E-state index contributed by atoms with van der Waals surface area (Å²) in [4.78, 5) is 17.8. The highest BCUT2D eigenvalue weighted by Gasteiger charge is 2.24. The number of aromatic amines is 1. The van der Waals surface area contributed by atoms with E-state index in [0.29, 0.717) is 28.8 Å². The molecule has 3 aromatic rings. The van der Waals surface area contributed by atoms with Gasteiger partial charge in [0.05, 0.1) is 22.3 Å². The number of benzene rings is 2. The van der Waals surface area contributed by atoms with Crippen LogP contribution >= 0.6 is 23.2 Å². The van der Waals surface area contributed by atoms with Crippen LogP contribution in [-0.2, 0) is 13.0 Å². The zero-order valence-electron chi connectivity index (χ0n) is 12.8. The molecule has 1 aliphatic heterocycles. The maximum Gasteiger partial charge on any atom is 0.322 e. The number of hydrogen-bond acceptors (Lipinski definition) is 1. The average Bonchev–Trinajstić information content (AvgIpc) is 2.96. The summed E-state index contributed by atoms with van der Waals surface area (Å²) in [7, 11) is 0. The van der Waals surface area contributed by atoms with Crippen molar-refractivity contribution in [2.75, 3.05) is 11.9 Å². The first-order valence-corrected chi connectivity index (χ1v) is 8.47. The fourth-order valence-corrected chi connectivity index (χ4v) is 3.66. The van der Waals surface area contributed by atoms with E-state index in [0.717, 1.165) is 17.6 Å². The molecule has 0 spiro atoms. The van der Waals surface area contributed by atoms with Gasteiger partial charge in [-0.05, 0) is 30.2 Å². The molecule has 2 N–H and O–H groups in total. The van der Waals surface area contributed by atoms with Crippen molar-refractivity contribution >= 4 is 45.8 Å². The van der Waals surface area contributed by atoms with Crippen molar-refractivity contribution in [1.29, 1.82) is 0 Å². The number of para-hydroxylation sites is 2. The van der Waals surface area contributed by atoms with E-state index >= 15 is 0 Å². The number of amides is 2. The van der Waals surface area contributed by atoms with Crippen LogP contribution in [0.25, 0.3) is 10.9 Å². The Morgan fingerprint density at radius 3 is 2.62 bits per heavy atom. The number of urea groups is 1. The molecule has 0 fully saturated rings. The van der Waals surface area contributed by atoms with Crippen molar-refractivity contribution in [3.8, 4) is 0 Å². The number of rotatable bonds is 1. The van der Waals surface area contributed by atoms with Gasteiger partial charge in [0.15, 0.2) is 0 Å². The summed E-state index contributed by atoms with van der Waals surface area (Å²) in [5.41, 5.74) is 3.94. The maximum absolute atomic E-state index is 12.6. The predicted molar refractivity (Wildman–Crippen MR) is 97.9 cm³/mol. The van der Waals surface area contributed by atoms with Crippen molar-refractivity contribution in [2.45, 2.75) is 13.0 Å². The maximum atomic E-state index is 12.6. The molecule has 0 bridgehead atoms. The molecule has 122 valence electrons. The quantitative estimate of drug-likeness (QED) is 0.626. The first-order chi connectivity index (χ1) is 11.6. The van der Waals surface area contributed by atoms with Gasteiger partial charge in [-0.2, -0.15) is 0 Å². The molecule has 0 saturated carbocycles. The monoisotopic (exact) mass is 359 g/mol. The lowest BCUT2D eigenvalue weighted by Crippen LogP contribution is -2.38. The molecule has 0 aliphatic carbocycles. The van der Waals surface area contributed by atoms with Gasteiger partial charge in [0.2, 0.25) is 0 Å². The fourth-order valence-electron chi connectivity index (χ4n) is 3.17. The smallest absolute Gasteiger partial charge is 0.322 e. The highest BCUT2D eigenvalue weighted by Crippen LogP contribution is 2.31. The van der Waals surface area contributed by atoms with Crippen molar-refractivity contribution in [3.05, 3.63) is 63.8 Å². The lowest BCUT2D eigenvalue weighted by Gasteiger charge is -2.27. The summed E-state index contributed by atoms with van der Waals surface area (Å²) in [6.45, 7) is 1.20. The predicted octanol–water partition coefficient (Wildman–Crippen LogP) is 5.06. The number of aromatic nitrogens is 1. The van der Waals surface area contributed by atoms with Gasteiger partial charge in [0.1, 0.15) is 0 Å². The average molecular weight is 360 g/mol. The van der Waals surface area contributed by atoms with Gasteiger partial charge in [-0.1, -0.05) is 47.5 Å². The normalized spacial score (nSPS) is 13.8.